The molecule has 0 aromatic carbocycles. The lowest BCUT2D eigenvalue weighted by Gasteiger charge is -2.29. The zero-order valence-corrected chi connectivity index (χ0v) is 12.2. The molecule has 1 saturated heterocycles. The molecule has 1 N–H and O–H groups in total. The summed E-state index contributed by atoms with van der Waals surface area (Å²) in [6.45, 7) is 3.22. The summed E-state index contributed by atoms with van der Waals surface area (Å²) in [4.78, 5) is 13.9. The predicted octanol–water partition coefficient (Wildman–Crippen LogP) is 1.09. The molecule has 4 nitrogen and oxygen atoms in total. The fraction of sp³-hybridized carbons (Fsp3) is 0.923. The minimum atomic E-state index is -0.793. The smallest absolute Gasteiger partial charge is 0.237 e. The molecular formula is C13H24N2O2S. The minimum Gasteiger partial charge on any atom is -0.326 e. The van der Waals surface area contributed by atoms with Crippen LogP contribution in [0.1, 0.15) is 39.0 Å². The Labute approximate surface area is 112 Å². The molecule has 0 aromatic heterocycles. The lowest BCUT2D eigenvalue weighted by molar-refractivity contribution is -0.128. The van der Waals surface area contributed by atoms with Gasteiger partial charge in [0, 0.05) is 28.9 Å². The molecule has 1 amide bonds. The van der Waals surface area contributed by atoms with E-state index in [2.05, 4.69) is 5.32 Å². The average Bonchev–Trinajstić information content (AvgIpc) is 2.95. The molecule has 0 bridgehead atoms. The lowest BCUT2D eigenvalue weighted by Crippen LogP contribution is -2.43. The van der Waals surface area contributed by atoms with Crippen molar-refractivity contribution in [3.8, 4) is 0 Å². The molecule has 2 rings (SSSR count). The number of hydrogen-bond acceptors (Lipinski definition) is 3. The fourth-order valence-electron chi connectivity index (χ4n) is 3.00. The van der Waals surface area contributed by atoms with Gasteiger partial charge in [0.1, 0.15) is 0 Å². The Balaban J connectivity index is 1.90. The van der Waals surface area contributed by atoms with E-state index in [1.165, 1.54) is 25.7 Å². The van der Waals surface area contributed by atoms with Gasteiger partial charge in [-0.15, -0.1) is 0 Å². The Morgan fingerprint density at radius 1 is 1.44 bits per heavy atom. The molecule has 0 radical (unpaired) electrons. The number of nitrogens with one attached hydrogen (secondary N) is 1. The van der Waals surface area contributed by atoms with Crippen molar-refractivity contribution in [1.29, 1.82) is 0 Å². The van der Waals surface area contributed by atoms with Gasteiger partial charge in [0.15, 0.2) is 0 Å². The van der Waals surface area contributed by atoms with E-state index >= 15 is 0 Å². The normalized spacial score (nSPS) is 28.9. The molecule has 3 atom stereocenters. The van der Waals surface area contributed by atoms with Crippen molar-refractivity contribution in [2.45, 2.75) is 50.4 Å². The third kappa shape index (κ3) is 3.12. The van der Waals surface area contributed by atoms with Gasteiger partial charge in [0.25, 0.3) is 0 Å². The predicted molar refractivity (Wildman–Crippen MR) is 73.6 cm³/mol. The number of amides is 1. The van der Waals surface area contributed by atoms with E-state index in [4.69, 9.17) is 0 Å². The quantitative estimate of drug-likeness (QED) is 0.815. The summed E-state index contributed by atoms with van der Waals surface area (Å²) in [6, 6.07) is 0. The van der Waals surface area contributed by atoms with E-state index in [1.54, 1.807) is 6.26 Å². The van der Waals surface area contributed by atoms with Crippen LogP contribution in [-0.2, 0) is 15.6 Å². The van der Waals surface area contributed by atoms with E-state index in [0.717, 1.165) is 13.0 Å². The van der Waals surface area contributed by atoms with Crippen LogP contribution in [0.5, 0.6) is 0 Å². The third-order valence-corrected chi connectivity index (χ3v) is 5.68. The highest BCUT2D eigenvalue weighted by Crippen LogP contribution is 2.31. The van der Waals surface area contributed by atoms with Gasteiger partial charge in [-0.1, -0.05) is 19.8 Å². The summed E-state index contributed by atoms with van der Waals surface area (Å²) in [5, 5.41) is 3.52. The van der Waals surface area contributed by atoms with E-state index in [9.17, 15) is 9.00 Å². The first-order valence-electron chi connectivity index (χ1n) is 6.94. The molecule has 1 saturated carbocycles. The molecule has 0 aromatic rings. The van der Waals surface area contributed by atoms with Gasteiger partial charge in [-0.05, 0) is 25.2 Å². The first-order chi connectivity index (χ1) is 8.59. The van der Waals surface area contributed by atoms with Crippen LogP contribution in [-0.4, -0.2) is 45.8 Å². The summed E-state index contributed by atoms with van der Waals surface area (Å²) in [7, 11) is -0.793. The van der Waals surface area contributed by atoms with Crippen LogP contribution in [0, 0.1) is 5.92 Å². The molecule has 3 unspecified atom stereocenters. The van der Waals surface area contributed by atoms with Gasteiger partial charge in [-0.2, -0.15) is 0 Å². The topological polar surface area (TPSA) is 49.4 Å². The first-order valence-corrected chi connectivity index (χ1v) is 8.57. The molecule has 18 heavy (non-hydrogen) atoms. The number of nitrogens with zero attached hydrogens (tertiary/aromatic N) is 1. The van der Waals surface area contributed by atoms with E-state index in [-0.39, 0.29) is 17.3 Å². The molecule has 2 fully saturated rings. The molecular weight excluding hydrogens is 248 g/mol. The molecule has 0 spiro atoms. The molecule has 1 aliphatic carbocycles. The van der Waals surface area contributed by atoms with Gasteiger partial charge >= 0.3 is 0 Å². The summed E-state index contributed by atoms with van der Waals surface area (Å²) < 4.78 is 11.4. The Bertz CT molecular complexity index is 329. The standard InChI is InChI=1S/C13H24N2O2S/c1-10(18(2)17)7-8-15-12(16)9-14-13(15)11-5-3-4-6-11/h10-11,13-14H,3-9H2,1-2H3. The second-order valence-corrected chi connectivity index (χ2v) is 7.36. The zero-order chi connectivity index (χ0) is 13.1. The van der Waals surface area contributed by atoms with Crippen molar-refractivity contribution in [2.75, 3.05) is 19.3 Å². The maximum absolute atomic E-state index is 11.9. The van der Waals surface area contributed by atoms with Crippen molar-refractivity contribution in [2.24, 2.45) is 5.92 Å². The number of rotatable bonds is 5. The Morgan fingerprint density at radius 2 is 2.11 bits per heavy atom. The number of carbonyl (C=O) groups excluding carboxylic acids is 1. The largest absolute Gasteiger partial charge is 0.326 e. The van der Waals surface area contributed by atoms with Crippen molar-refractivity contribution >= 4 is 16.7 Å². The van der Waals surface area contributed by atoms with Crippen molar-refractivity contribution in [3.05, 3.63) is 0 Å². The monoisotopic (exact) mass is 272 g/mol. The number of carbonyl (C=O) groups is 1. The summed E-state index contributed by atoms with van der Waals surface area (Å²) in [5.41, 5.74) is 0. The summed E-state index contributed by atoms with van der Waals surface area (Å²) >= 11 is 0. The molecule has 104 valence electrons. The molecule has 1 heterocycles. The van der Waals surface area contributed by atoms with Gasteiger partial charge in [0.05, 0.1) is 12.7 Å². The fourth-order valence-corrected chi connectivity index (χ4v) is 3.44. The van der Waals surface area contributed by atoms with Crippen molar-refractivity contribution in [3.63, 3.8) is 0 Å². The Kier molecular flexibility index (Phi) is 4.78. The van der Waals surface area contributed by atoms with Gasteiger partial charge in [-0.25, -0.2) is 0 Å². The van der Waals surface area contributed by atoms with Gasteiger partial charge < -0.3 is 4.90 Å². The van der Waals surface area contributed by atoms with E-state index in [1.807, 2.05) is 11.8 Å². The third-order valence-electron chi connectivity index (χ3n) is 4.31. The SMILES string of the molecule is CC(CCN1C(=O)CNC1C1CCCC1)S(C)=O. The van der Waals surface area contributed by atoms with Crippen LogP contribution in [0.3, 0.4) is 0 Å². The van der Waals surface area contributed by atoms with E-state index in [0.29, 0.717) is 12.5 Å². The highest BCUT2D eigenvalue weighted by molar-refractivity contribution is 7.84. The maximum Gasteiger partial charge on any atom is 0.237 e. The van der Waals surface area contributed by atoms with Crippen molar-refractivity contribution in [1.82, 2.24) is 10.2 Å². The van der Waals surface area contributed by atoms with Gasteiger partial charge in [-0.3, -0.25) is 14.3 Å². The molecule has 5 heteroatoms. The van der Waals surface area contributed by atoms with Crippen LogP contribution in [0.15, 0.2) is 0 Å². The highest BCUT2D eigenvalue weighted by Gasteiger charge is 2.36. The summed E-state index contributed by atoms with van der Waals surface area (Å²) in [6.07, 6.45) is 7.86. The zero-order valence-electron chi connectivity index (χ0n) is 11.4. The van der Waals surface area contributed by atoms with Crippen LogP contribution in [0.2, 0.25) is 0 Å². The average molecular weight is 272 g/mol. The number of hydrogen-bond donors (Lipinski definition) is 1. The first kappa shape index (κ1) is 14.0. The Morgan fingerprint density at radius 3 is 2.72 bits per heavy atom. The second kappa shape index (κ2) is 6.15. The highest BCUT2D eigenvalue weighted by atomic mass is 32.2. The Hall–Kier alpha value is -0.420. The van der Waals surface area contributed by atoms with Crippen LogP contribution < -0.4 is 5.32 Å². The maximum atomic E-state index is 11.9. The van der Waals surface area contributed by atoms with Crippen LogP contribution in [0.25, 0.3) is 0 Å². The van der Waals surface area contributed by atoms with Crippen LogP contribution in [0.4, 0.5) is 0 Å². The van der Waals surface area contributed by atoms with E-state index < -0.39 is 10.8 Å². The molecule has 1 aliphatic heterocycles. The second-order valence-electron chi connectivity index (χ2n) is 5.56. The minimum absolute atomic E-state index is 0.169. The summed E-state index contributed by atoms with van der Waals surface area (Å²) in [5.74, 6) is 0.833. The van der Waals surface area contributed by atoms with Gasteiger partial charge in [0.2, 0.25) is 5.91 Å². The van der Waals surface area contributed by atoms with Crippen LogP contribution >= 0.6 is 0 Å². The molecule has 2 aliphatic rings. The van der Waals surface area contributed by atoms with Crippen molar-refractivity contribution < 1.29 is 9.00 Å². The lowest BCUT2D eigenvalue weighted by atomic mass is 10.0.